The molecule has 3 aromatic carbocycles. The van der Waals surface area contributed by atoms with Gasteiger partial charge in [-0.2, -0.15) is 0 Å². The zero-order valence-electron chi connectivity index (χ0n) is 21.6. The molecule has 7 heteroatoms. The van der Waals surface area contributed by atoms with Crippen molar-refractivity contribution >= 4 is 11.6 Å². The van der Waals surface area contributed by atoms with E-state index in [2.05, 4.69) is 10.2 Å². The van der Waals surface area contributed by atoms with Crippen LogP contribution in [0.4, 0.5) is 5.69 Å². The molecule has 7 nitrogen and oxygen atoms in total. The van der Waals surface area contributed by atoms with Crippen LogP contribution in [0.1, 0.15) is 61.0 Å². The minimum atomic E-state index is -0.620. The predicted octanol–water partition coefficient (Wildman–Crippen LogP) is 4.74. The molecule has 196 valence electrons. The van der Waals surface area contributed by atoms with Crippen molar-refractivity contribution in [2.75, 3.05) is 18.9 Å². The van der Waals surface area contributed by atoms with Gasteiger partial charge in [0.2, 0.25) is 5.91 Å². The Hall–Kier alpha value is -3.07. The third-order valence-corrected chi connectivity index (χ3v) is 6.90. The lowest BCUT2D eigenvalue weighted by Gasteiger charge is -2.39. The van der Waals surface area contributed by atoms with Gasteiger partial charge in [0, 0.05) is 37.2 Å². The minimum absolute atomic E-state index is 0.00671. The first kappa shape index (κ1) is 27.0. The summed E-state index contributed by atoms with van der Waals surface area (Å²) in [5, 5.41) is 23.1. The molecule has 0 radical (unpaired) electrons. The Labute approximate surface area is 218 Å². The summed E-state index contributed by atoms with van der Waals surface area (Å²) in [7, 11) is 2.00. The highest BCUT2D eigenvalue weighted by molar-refractivity contribution is 5.88. The number of rotatable bonds is 9. The van der Waals surface area contributed by atoms with Crippen molar-refractivity contribution in [2.45, 2.75) is 57.5 Å². The van der Waals surface area contributed by atoms with Gasteiger partial charge in [0.05, 0.1) is 24.9 Å². The maximum Gasteiger partial charge on any atom is 0.221 e. The Kier molecular flexibility index (Phi) is 9.08. The van der Waals surface area contributed by atoms with Gasteiger partial charge in [-0.3, -0.25) is 9.69 Å². The van der Waals surface area contributed by atoms with Crippen molar-refractivity contribution in [1.82, 2.24) is 4.90 Å². The Morgan fingerprint density at radius 3 is 2.27 bits per heavy atom. The third kappa shape index (κ3) is 7.03. The molecule has 0 aliphatic carbocycles. The lowest BCUT2D eigenvalue weighted by Crippen LogP contribution is -2.43. The van der Waals surface area contributed by atoms with Crippen LogP contribution in [-0.4, -0.2) is 46.8 Å². The first-order valence-corrected chi connectivity index (χ1v) is 12.7. The fourth-order valence-electron chi connectivity index (χ4n) is 4.62. The van der Waals surface area contributed by atoms with E-state index in [9.17, 15) is 15.0 Å². The molecule has 0 bridgehead atoms. The maximum atomic E-state index is 11.4. The molecule has 1 aliphatic heterocycles. The summed E-state index contributed by atoms with van der Waals surface area (Å²) in [6.07, 6.45) is -0.904. The van der Waals surface area contributed by atoms with Crippen molar-refractivity contribution in [1.29, 1.82) is 0 Å². The lowest BCUT2D eigenvalue weighted by molar-refractivity contribution is -0.253. The Bertz CT molecular complexity index is 1140. The number of ether oxygens (including phenoxy) is 2. The molecule has 3 aromatic rings. The van der Waals surface area contributed by atoms with Gasteiger partial charge in [-0.05, 0) is 42.8 Å². The molecule has 4 rings (SSSR count). The molecule has 0 aromatic heterocycles. The van der Waals surface area contributed by atoms with Gasteiger partial charge < -0.3 is 25.0 Å². The van der Waals surface area contributed by atoms with E-state index in [1.54, 1.807) is 0 Å². The topological polar surface area (TPSA) is 91.3 Å². The van der Waals surface area contributed by atoms with E-state index >= 15 is 0 Å². The third-order valence-electron chi connectivity index (χ3n) is 6.90. The second-order valence-electron chi connectivity index (χ2n) is 9.69. The van der Waals surface area contributed by atoms with Crippen LogP contribution in [0.2, 0.25) is 0 Å². The van der Waals surface area contributed by atoms with Crippen LogP contribution in [0.5, 0.6) is 0 Å². The second-order valence-corrected chi connectivity index (χ2v) is 9.69. The average molecular weight is 505 g/mol. The number of anilines is 1. The summed E-state index contributed by atoms with van der Waals surface area (Å²) in [4.78, 5) is 13.5. The quantitative estimate of drug-likeness (QED) is 0.390. The fourth-order valence-corrected chi connectivity index (χ4v) is 4.62. The zero-order chi connectivity index (χ0) is 26.4. The first-order valence-electron chi connectivity index (χ1n) is 12.7. The Morgan fingerprint density at radius 2 is 1.65 bits per heavy atom. The summed E-state index contributed by atoms with van der Waals surface area (Å²) in [5.74, 6) is -0.126. The summed E-state index contributed by atoms with van der Waals surface area (Å²) in [6, 6.07) is 24.8. The standard InChI is InChI=1S/C30H36N2O5/c1-20(29(35)24-7-5-4-6-8-24)32(3)18-27-17-28(23-11-9-22(19-33)10-12-23)37-30(36-27)25-13-15-26(16-14-25)31-21(2)34/h4-16,20,27-30,33,35H,17-19H2,1-3H3,(H,31,34)/t20-,27+,28-,29-,30-/m0/s1. The van der Waals surface area contributed by atoms with Gasteiger partial charge >= 0.3 is 0 Å². The summed E-state index contributed by atoms with van der Waals surface area (Å²) in [6.45, 7) is 4.10. The number of hydrogen-bond acceptors (Lipinski definition) is 6. The summed E-state index contributed by atoms with van der Waals surface area (Å²) in [5.41, 5.74) is 4.32. The summed E-state index contributed by atoms with van der Waals surface area (Å²) < 4.78 is 12.8. The predicted molar refractivity (Wildman–Crippen MR) is 143 cm³/mol. The van der Waals surface area contributed by atoms with Crippen LogP contribution >= 0.6 is 0 Å². The van der Waals surface area contributed by atoms with E-state index < -0.39 is 12.4 Å². The van der Waals surface area contributed by atoms with Crippen LogP contribution in [0.15, 0.2) is 78.9 Å². The first-order chi connectivity index (χ1) is 17.8. The SMILES string of the molecule is CC(=O)Nc1ccc([C@H]2O[C@@H](CN(C)[C@@H](C)[C@H](O)c3ccccc3)C[C@@H](c3ccc(CO)cc3)O2)cc1. The van der Waals surface area contributed by atoms with Gasteiger partial charge in [0.25, 0.3) is 0 Å². The van der Waals surface area contributed by atoms with Crippen LogP contribution in [0.25, 0.3) is 0 Å². The van der Waals surface area contributed by atoms with Crippen molar-refractivity contribution < 1.29 is 24.5 Å². The smallest absolute Gasteiger partial charge is 0.221 e. The normalized spacial score (nSPS) is 21.4. The molecule has 1 saturated heterocycles. The second kappa shape index (κ2) is 12.4. The maximum absolute atomic E-state index is 11.4. The number of nitrogens with one attached hydrogen (secondary N) is 1. The van der Waals surface area contributed by atoms with Gasteiger partial charge in [-0.25, -0.2) is 0 Å². The molecule has 37 heavy (non-hydrogen) atoms. The number of hydrogen-bond donors (Lipinski definition) is 3. The minimum Gasteiger partial charge on any atom is -0.392 e. The lowest BCUT2D eigenvalue weighted by atomic mass is 9.98. The fraction of sp³-hybridized carbons (Fsp3) is 0.367. The molecule has 1 aliphatic rings. The van der Waals surface area contributed by atoms with Crippen molar-refractivity contribution in [3.05, 3.63) is 101 Å². The molecule has 1 amide bonds. The highest BCUT2D eigenvalue weighted by Crippen LogP contribution is 2.38. The van der Waals surface area contributed by atoms with E-state index in [-0.39, 0.29) is 30.8 Å². The molecule has 1 heterocycles. The van der Waals surface area contributed by atoms with Crippen molar-refractivity contribution in [3.63, 3.8) is 0 Å². The van der Waals surface area contributed by atoms with E-state index in [0.717, 1.165) is 22.3 Å². The van der Waals surface area contributed by atoms with Crippen molar-refractivity contribution in [3.8, 4) is 0 Å². The van der Waals surface area contributed by atoms with Gasteiger partial charge in [0.15, 0.2) is 6.29 Å². The largest absolute Gasteiger partial charge is 0.392 e. The highest BCUT2D eigenvalue weighted by Gasteiger charge is 2.34. The number of benzene rings is 3. The number of carbonyl (C=O) groups is 1. The number of aliphatic hydroxyl groups excluding tert-OH is 2. The molecule has 0 spiro atoms. The Morgan fingerprint density at radius 1 is 1.00 bits per heavy atom. The van der Waals surface area contributed by atoms with Crippen molar-refractivity contribution in [2.24, 2.45) is 0 Å². The Balaban J connectivity index is 1.52. The van der Waals surface area contributed by atoms with Gasteiger partial charge in [0.1, 0.15) is 0 Å². The number of likely N-dealkylation sites (N-methyl/N-ethyl adjacent to an activating group) is 1. The molecule has 3 N–H and O–H groups in total. The molecule has 0 saturated carbocycles. The van der Waals surface area contributed by atoms with E-state index in [4.69, 9.17) is 9.47 Å². The molecule has 0 unspecified atom stereocenters. The van der Waals surface area contributed by atoms with Crippen LogP contribution in [-0.2, 0) is 20.9 Å². The average Bonchev–Trinajstić information content (AvgIpc) is 2.92. The highest BCUT2D eigenvalue weighted by atomic mass is 16.7. The van der Waals surface area contributed by atoms with E-state index in [1.807, 2.05) is 92.8 Å². The monoisotopic (exact) mass is 504 g/mol. The number of carbonyl (C=O) groups excluding carboxylic acids is 1. The molecular formula is C30H36N2O5. The van der Waals surface area contributed by atoms with Gasteiger partial charge in [-0.1, -0.05) is 66.7 Å². The number of nitrogens with zero attached hydrogens (tertiary/aromatic N) is 1. The number of amides is 1. The van der Waals surface area contributed by atoms with Crippen LogP contribution in [0.3, 0.4) is 0 Å². The van der Waals surface area contributed by atoms with E-state index in [1.165, 1.54) is 6.92 Å². The molecule has 1 fully saturated rings. The van der Waals surface area contributed by atoms with Gasteiger partial charge in [-0.15, -0.1) is 0 Å². The van der Waals surface area contributed by atoms with Crippen LogP contribution < -0.4 is 5.32 Å². The molecule has 5 atom stereocenters. The summed E-state index contributed by atoms with van der Waals surface area (Å²) >= 11 is 0. The molecular weight excluding hydrogens is 468 g/mol. The van der Waals surface area contributed by atoms with E-state index in [0.29, 0.717) is 18.7 Å². The number of aliphatic hydroxyl groups is 2. The zero-order valence-corrected chi connectivity index (χ0v) is 21.6. The van der Waals surface area contributed by atoms with Crippen LogP contribution in [0, 0.1) is 0 Å².